The van der Waals surface area contributed by atoms with Gasteiger partial charge in [0.05, 0.1) is 10.9 Å². The molecule has 108 valence electrons. The molecule has 0 radical (unpaired) electrons. The van der Waals surface area contributed by atoms with Crippen molar-refractivity contribution in [2.75, 3.05) is 13.2 Å². The molecule has 1 fully saturated rings. The quantitative estimate of drug-likeness (QED) is 0.785. The van der Waals surface area contributed by atoms with Crippen LogP contribution in [0.4, 0.5) is 8.78 Å². The fourth-order valence-electron chi connectivity index (χ4n) is 2.73. The molecule has 1 aliphatic heterocycles. The van der Waals surface area contributed by atoms with Crippen molar-refractivity contribution >= 4 is 22.6 Å². The number of ether oxygens (including phenoxy) is 1. The van der Waals surface area contributed by atoms with Gasteiger partial charge in [0, 0.05) is 19.3 Å². The van der Waals surface area contributed by atoms with E-state index in [2.05, 4.69) is 4.98 Å². The molecule has 0 amide bonds. The zero-order valence-corrected chi connectivity index (χ0v) is 11.8. The monoisotopic (exact) mass is 300 g/mol. The molecule has 1 aromatic heterocycles. The van der Waals surface area contributed by atoms with Crippen molar-refractivity contribution in [2.24, 2.45) is 0 Å². The zero-order chi connectivity index (χ0) is 14.3. The molecule has 0 aliphatic carbocycles. The number of benzene rings is 1. The lowest BCUT2D eigenvalue weighted by molar-refractivity contribution is 0.0697. The average molecular weight is 301 g/mol. The Morgan fingerprint density at radius 2 is 2.05 bits per heavy atom. The predicted molar refractivity (Wildman–Crippen MR) is 73.0 cm³/mol. The zero-order valence-electron chi connectivity index (χ0n) is 11.1. The summed E-state index contributed by atoms with van der Waals surface area (Å²) >= 11 is 6.16. The molecule has 0 N–H and O–H groups in total. The minimum Gasteiger partial charge on any atom is -0.381 e. The Bertz CT molecular complexity index is 636. The molecule has 1 aliphatic rings. The van der Waals surface area contributed by atoms with Crippen LogP contribution in [0.3, 0.4) is 0 Å². The summed E-state index contributed by atoms with van der Waals surface area (Å²) in [6.45, 7) is 3.00. The lowest BCUT2D eigenvalue weighted by Gasteiger charge is -2.26. The normalized spacial score (nSPS) is 18.6. The molecule has 20 heavy (non-hydrogen) atoms. The van der Waals surface area contributed by atoms with Crippen LogP contribution < -0.4 is 0 Å². The fraction of sp³-hybridized carbons (Fsp3) is 0.500. The van der Waals surface area contributed by atoms with E-state index >= 15 is 0 Å². The SMILES string of the molecule is CC(Cl)c1nc2ccc(F)c(F)c2n1C1CCOCC1. The van der Waals surface area contributed by atoms with E-state index in [1.165, 1.54) is 6.07 Å². The molecule has 3 rings (SSSR count). The Kier molecular flexibility index (Phi) is 3.65. The van der Waals surface area contributed by atoms with E-state index in [1.807, 2.05) is 0 Å². The number of halogens is 3. The van der Waals surface area contributed by atoms with Gasteiger partial charge in [-0.1, -0.05) is 0 Å². The molecule has 0 bridgehead atoms. The van der Waals surface area contributed by atoms with E-state index in [9.17, 15) is 8.78 Å². The maximum atomic E-state index is 14.2. The largest absolute Gasteiger partial charge is 0.381 e. The third kappa shape index (κ3) is 2.19. The minimum absolute atomic E-state index is 0.0428. The van der Waals surface area contributed by atoms with Crippen molar-refractivity contribution in [3.8, 4) is 0 Å². The second-order valence-electron chi connectivity index (χ2n) is 5.03. The molecule has 0 spiro atoms. The van der Waals surface area contributed by atoms with E-state index in [-0.39, 0.29) is 16.9 Å². The van der Waals surface area contributed by atoms with Crippen LogP contribution in [0.15, 0.2) is 12.1 Å². The first-order valence-corrected chi connectivity index (χ1v) is 7.11. The van der Waals surface area contributed by atoms with Crippen LogP contribution in [0, 0.1) is 11.6 Å². The van der Waals surface area contributed by atoms with Crippen molar-refractivity contribution in [1.29, 1.82) is 0 Å². The van der Waals surface area contributed by atoms with Gasteiger partial charge in [-0.2, -0.15) is 0 Å². The van der Waals surface area contributed by atoms with Crippen LogP contribution in [0.2, 0.25) is 0 Å². The summed E-state index contributed by atoms with van der Waals surface area (Å²) in [4.78, 5) is 4.37. The second kappa shape index (κ2) is 5.30. The lowest BCUT2D eigenvalue weighted by atomic mass is 10.1. The lowest BCUT2D eigenvalue weighted by Crippen LogP contribution is -2.21. The Labute approximate surface area is 120 Å². The highest BCUT2D eigenvalue weighted by Gasteiger charge is 2.26. The number of aromatic nitrogens is 2. The van der Waals surface area contributed by atoms with Crippen LogP contribution in [-0.2, 0) is 4.74 Å². The van der Waals surface area contributed by atoms with Crippen LogP contribution in [-0.4, -0.2) is 22.8 Å². The van der Waals surface area contributed by atoms with Gasteiger partial charge in [0.25, 0.3) is 0 Å². The summed E-state index contributed by atoms with van der Waals surface area (Å²) in [5.74, 6) is -1.14. The number of hydrogen-bond acceptors (Lipinski definition) is 2. The third-order valence-electron chi connectivity index (χ3n) is 3.68. The highest BCUT2D eigenvalue weighted by Crippen LogP contribution is 2.34. The molecule has 1 unspecified atom stereocenters. The number of imidazole rings is 1. The summed E-state index contributed by atoms with van der Waals surface area (Å²) in [7, 11) is 0. The molecule has 6 heteroatoms. The van der Waals surface area contributed by atoms with Crippen LogP contribution >= 0.6 is 11.6 Å². The predicted octanol–water partition coefficient (Wildman–Crippen LogP) is 3.97. The van der Waals surface area contributed by atoms with E-state index in [0.717, 1.165) is 18.9 Å². The van der Waals surface area contributed by atoms with Crippen molar-refractivity contribution in [2.45, 2.75) is 31.2 Å². The first-order valence-electron chi connectivity index (χ1n) is 6.67. The summed E-state index contributed by atoms with van der Waals surface area (Å²) in [5, 5.41) is -0.368. The molecule has 1 saturated heterocycles. The summed E-state index contributed by atoms with van der Waals surface area (Å²) in [6, 6.07) is 2.63. The first kappa shape index (κ1) is 13.8. The topological polar surface area (TPSA) is 27.1 Å². The van der Waals surface area contributed by atoms with E-state index < -0.39 is 11.6 Å². The van der Waals surface area contributed by atoms with Crippen LogP contribution in [0.5, 0.6) is 0 Å². The van der Waals surface area contributed by atoms with Crippen LogP contribution in [0.25, 0.3) is 11.0 Å². The maximum absolute atomic E-state index is 14.2. The highest BCUT2D eigenvalue weighted by molar-refractivity contribution is 6.20. The molecule has 3 nitrogen and oxygen atoms in total. The van der Waals surface area contributed by atoms with Gasteiger partial charge in [-0.15, -0.1) is 11.6 Å². The summed E-state index contributed by atoms with van der Waals surface area (Å²) in [5.41, 5.74) is 0.650. The average Bonchev–Trinajstić information content (AvgIpc) is 2.84. The summed E-state index contributed by atoms with van der Waals surface area (Å²) < 4.78 is 34.8. The van der Waals surface area contributed by atoms with Crippen molar-refractivity contribution in [1.82, 2.24) is 9.55 Å². The van der Waals surface area contributed by atoms with Crippen molar-refractivity contribution in [3.05, 3.63) is 29.6 Å². The third-order valence-corrected chi connectivity index (χ3v) is 3.88. The van der Waals surface area contributed by atoms with Gasteiger partial charge in [0.1, 0.15) is 11.3 Å². The van der Waals surface area contributed by atoms with Gasteiger partial charge in [-0.3, -0.25) is 0 Å². The van der Waals surface area contributed by atoms with Gasteiger partial charge in [0.2, 0.25) is 0 Å². The van der Waals surface area contributed by atoms with Gasteiger partial charge in [-0.25, -0.2) is 13.8 Å². The number of hydrogen-bond donors (Lipinski definition) is 0. The van der Waals surface area contributed by atoms with Gasteiger partial charge in [0.15, 0.2) is 11.6 Å². The van der Waals surface area contributed by atoms with E-state index in [1.54, 1.807) is 11.5 Å². The first-order chi connectivity index (χ1) is 9.59. The number of nitrogens with zero attached hydrogens (tertiary/aromatic N) is 2. The molecule has 1 aromatic carbocycles. The molecule has 1 atom stereocenters. The minimum atomic E-state index is -0.862. The number of fused-ring (bicyclic) bond motifs is 1. The smallest absolute Gasteiger partial charge is 0.184 e. The van der Waals surface area contributed by atoms with E-state index in [0.29, 0.717) is 24.6 Å². The van der Waals surface area contributed by atoms with Crippen LogP contribution in [0.1, 0.15) is 37.0 Å². The number of rotatable bonds is 2. The molecular weight excluding hydrogens is 286 g/mol. The van der Waals surface area contributed by atoms with E-state index in [4.69, 9.17) is 16.3 Å². The Morgan fingerprint density at radius 1 is 1.35 bits per heavy atom. The maximum Gasteiger partial charge on any atom is 0.184 e. The Balaban J connectivity index is 2.24. The van der Waals surface area contributed by atoms with Crippen molar-refractivity contribution in [3.63, 3.8) is 0 Å². The van der Waals surface area contributed by atoms with Gasteiger partial charge >= 0.3 is 0 Å². The molecule has 0 saturated carbocycles. The second-order valence-corrected chi connectivity index (χ2v) is 5.68. The molecular formula is C14H15ClF2N2O. The van der Waals surface area contributed by atoms with Crippen molar-refractivity contribution < 1.29 is 13.5 Å². The van der Waals surface area contributed by atoms with Gasteiger partial charge in [-0.05, 0) is 31.9 Å². The standard InChI is InChI=1S/C14H15ClF2N2O/c1-8(15)14-18-11-3-2-10(16)12(17)13(11)19(14)9-4-6-20-7-5-9/h2-3,8-9H,4-7H2,1H3. The fourth-order valence-corrected chi connectivity index (χ4v) is 2.89. The summed E-state index contributed by atoms with van der Waals surface area (Å²) in [6.07, 6.45) is 1.50. The molecule has 2 aromatic rings. The number of alkyl halides is 1. The Hall–Kier alpha value is -1.20. The highest BCUT2D eigenvalue weighted by atomic mass is 35.5. The Morgan fingerprint density at radius 3 is 2.70 bits per heavy atom. The van der Waals surface area contributed by atoms with Gasteiger partial charge < -0.3 is 9.30 Å². The molecule has 2 heterocycles.